The van der Waals surface area contributed by atoms with Gasteiger partial charge in [0.2, 0.25) is 15.9 Å². The topological polar surface area (TPSA) is 142 Å². The van der Waals surface area contributed by atoms with Crippen molar-refractivity contribution in [1.82, 2.24) is 14.5 Å². The van der Waals surface area contributed by atoms with Gasteiger partial charge in [0.15, 0.2) is 0 Å². The number of methoxy groups -OCH3 is 1. The van der Waals surface area contributed by atoms with E-state index in [9.17, 15) is 26.4 Å². The van der Waals surface area contributed by atoms with Crippen LogP contribution < -0.4 is 10.6 Å². The summed E-state index contributed by atoms with van der Waals surface area (Å²) in [5.74, 6) is -2.14. The number of ether oxygens (including phenoxy) is 1. The van der Waals surface area contributed by atoms with Crippen LogP contribution in [0.15, 0.2) is 42.5 Å². The lowest BCUT2D eigenvalue weighted by atomic mass is 9.77. The first kappa shape index (κ1) is 35.5. The first-order valence-electron chi connectivity index (χ1n) is 15.9. The first-order valence-corrected chi connectivity index (χ1v) is 19.7. The number of alkyl carbamates (subject to hydrolysis) is 1. The third-order valence-corrected chi connectivity index (χ3v) is 13.7. The van der Waals surface area contributed by atoms with Gasteiger partial charge in [-0.1, -0.05) is 29.8 Å². The summed E-state index contributed by atoms with van der Waals surface area (Å²) in [7, 11) is -3.51. The molecule has 258 valence electrons. The van der Waals surface area contributed by atoms with E-state index in [1.807, 2.05) is 7.05 Å². The summed E-state index contributed by atoms with van der Waals surface area (Å²) >= 11 is 6.15. The summed E-state index contributed by atoms with van der Waals surface area (Å²) in [5.41, 5.74) is 1.10. The van der Waals surface area contributed by atoms with Crippen molar-refractivity contribution in [3.8, 4) is 0 Å². The molecule has 5 rings (SSSR count). The number of amides is 2. The fraction of sp³-hybridized carbons (Fsp3) is 0.562. The number of hydrogen-bond acceptors (Lipinski definition) is 8. The van der Waals surface area contributed by atoms with Crippen molar-refractivity contribution < 1.29 is 35.6 Å². The Morgan fingerprint density at radius 1 is 1.02 bits per heavy atom. The van der Waals surface area contributed by atoms with Crippen molar-refractivity contribution in [1.29, 1.82) is 0 Å². The van der Waals surface area contributed by atoms with Gasteiger partial charge in [0.05, 0.1) is 24.4 Å². The number of hydrogen-bond donors (Lipinski definition) is 2. The molecule has 3 fully saturated rings. The Balaban J connectivity index is 1.42. The largest absolute Gasteiger partial charge is 0.453 e. The molecule has 5 unspecified atom stereocenters. The first-order chi connectivity index (χ1) is 22.3. The van der Waals surface area contributed by atoms with Gasteiger partial charge in [-0.15, -0.1) is 0 Å². The monoisotopic (exact) mass is 712 g/mol. The molecule has 5 atom stereocenters. The van der Waals surface area contributed by atoms with Gasteiger partial charge in [0.1, 0.15) is 21.7 Å². The predicted molar refractivity (Wildman–Crippen MR) is 178 cm³/mol. The molecule has 2 bridgehead atoms. The molecule has 0 saturated carbocycles. The molecule has 47 heavy (non-hydrogen) atoms. The number of piperazine rings is 1. The maximum Gasteiger partial charge on any atom is 0.407 e. The number of anilines is 1. The Morgan fingerprint density at radius 3 is 2.40 bits per heavy atom. The van der Waals surface area contributed by atoms with Crippen molar-refractivity contribution >= 4 is 49.1 Å². The lowest BCUT2D eigenvalue weighted by Crippen LogP contribution is -2.57. The number of sulfonamides is 1. The average molecular weight is 713 g/mol. The zero-order valence-corrected chi connectivity index (χ0v) is 28.9. The SMILES string of the molecule is COC(=O)NC(C(=O)Nc1cccc(F)c1CCC1CN(C)C2CCCS(=O)(=O)N1C2)C(c1ccc(Cl)cc1)C1CCS(=O)(=O)CC1. The van der Waals surface area contributed by atoms with Crippen molar-refractivity contribution in [2.75, 3.05) is 49.8 Å². The number of carbonyl (C=O) groups is 2. The second-order valence-electron chi connectivity index (χ2n) is 12.7. The van der Waals surface area contributed by atoms with Crippen LogP contribution in [-0.4, -0.2) is 101 Å². The molecule has 2 amide bonds. The van der Waals surface area contributed by atoms with Crippen LogP contribution in [0, 0.1) is 11.7 Å². The smallest absolute Gasteiger partial charge is 0.407 e. The molecular formula is C32H42ClFN4O7S2. The van der Waals surface area contributed by atoms with E-state index in [1.54, 1.807) is 34.6 Å². The van der Waals surface area contributed by atoms with Gasteiger partial charge < -0.3 is 20.3 Å². The predicted octanol–water partition coefficient (Wildman–Crippen LogP) is 3.79. The van der Waals surface area contributed by atoms with Crippen LogP contribution in [0.3, 0.4) is 0 Å². The van der Waals surface area contributed by atoms with Gasteiger partial charge in [0, 0.05) is 47.4 Å². The summed E-state index contributed by atoms with van der Waals surface area (Å²) < 4.78 is 72.6. The Morgan fingerprint density at radius 2 is 1.72 bits per heavy atom. The Bertz CT molecular complexity index is 1660. The van der Waals surface area contributed by atoms with Crippen molar-refractivity contribution in [2.45, 2.75) is 62.6 Å². The fourth-order valence-electron chi connectivity index (χ4n) is 7.22. The van der Waals surface area contributed by atoms with E-state index in [1.165, 1.54) is 19.2 Å². The van der Waals surface area contributed by atoms with Crippen LogP contribution >= 0.6 is 11.6 Å². The lowest BCUT2D eigenvalue weighted by molar-refractivity contribution is -0.119. The van der Waals surface area contributed by atoms with Crippen molar-refractivity contribution in [3.63, 3.8) is 0 Å². The number of benzene rings is 2. The molecule has 3 heterocycles. The van der Waals surface area contributed by atoms with Gasteiger partial charge in [-0.25, -0.2) is 26.0 Å². The van der Waals surface area contributed by atoms with Gasteiger partial charge in [-0.05, 0) is 81.3 Å². The molecule has 0 aliphatic carbocycles. The standard InChI is InChI=1S/C32H42ClFN4O7S2/c1-37-19-25(38-20-24(37)5-4-16-47(38,43)44)12-13-26-27(34)6-3-7-28(26)35-31(39)30(36-32(40)45-2)29(21-8-10-23(33)11-9-21)22-14-17-46(41,42)18-15-22/h3,6-11,22,24-25,29-30H,4-5,12-20H2,1-2H3,(H,35,39)(H,36,40). The number of nitrogens with one attached hydrogen (secondary N) is 2. The number of nitrogens with zero attached hydrogens (tertiary/aromatic N) is 2. The highest BCUT2D eigenvalue weighted by molar-refractivity contribution is 7.91. The molecule has 15 heteroatoms. The quantitative estimate of drug-likeness (QED) is 0.400. The normalized spacial score (nSPS) is 25.6. The van der Waals surface area contributed by atoms with E-state index in [2.05, 4.69) is 15.5 Å². The van der Waals surface area contributed by atoms with Gasteiger partial charge in [-0.2, -0.15) is 4.31 Å². The van der Waals surface area contributed by atoms with Gasteiger partial charge in [0.25, 0.3) is 0 Å². The minimum absolute atomic E-state index is 0.0494. The Hall–Kier alpha value is -2.78. The maximum atomic E-state index is 15.4. The molecule has 0 spiro atoms. The lowest BCUT2D eigenvalue weighted by Gasteiger charge is -2.42. The third kappa shape index (κ3) is 8.45. The molecule has 3 aliphatic heterocycles. The summed E-state index contributed by atoms with van der Waals surface area (Å²) in [6.07, 6.45) is 1.61. The second kappa shape index (κ2) is 14.8. The minimum atomic E-state index is -3.44. The fourth-order valence-corrected chi connectivity index (χ4v) is 10.7. The number of sulfone groups is 1. The average Bonchev–Trinajstić information content (AvgIpc) is 3.16. The van der Waals surface area contributed by atoms with Crippen LogP contribution in [0.4, 0.5) is 14.9 Å². The number of halogens is 2. The molecule has 0 aromatic heterocycles. The van der Waals surface area contributed by atoms with E-state index in [4.69, 9.17) is 16.3 Å². The van der Waals surface area contributed by atoms with E-state index in [0.717, 1.165) is 6.42 Å². The number of rotatable bonds is 9. The molecule has 3 saturated heterocycles. The molecular weight excluding hydrogens is 671 g/mol. The minimum Gasteiger partial charge on any atom is -0.453 e. The third-order valence-electron chi connectivity index (χ3n) is 9.78. The summed E-state index contributed by atoms with van der Waals surface area (Å²) in [6, 6.07) is 9.72. The van der Waals surface area contributed by atoms with Crippen LogP contribution in [0.1, 0.15) is 49.1 Å². The molecule has 2 aromatic carbocycles. The molecule has 11 nitrogen and oxygen atoms in total. The summed E-state index contributed by atoms with van der Waals surface area (Å²) in [4.78, 5) is 28.9. The second-order valence-corrected chi connectivity index (χ2v) is 17.5. The highest BCUT2D eigenvalue weighted by Gasteiger charge is 2.42. The van der Waals surface area contributed by atoms with Crippen molar-refractivity contribution in [2.24, 2.45) is 5.92 Å². The Kier molecular flexibility index (Phi) is 11.2. The van der Waals surface area contributed by atoms with Crippen LogP contribution in [0.5, 0.6) is 0 Å². The van der Waals surface area contributed by atoms with Crippen molar-refractivity contribution in [3.05, 3.63) is 64.4 Å². The summed E-state index contributed by atoms with van der Waals surface area (Å²) in [6.45, 7) is 0.921. The molecule has 2 aromatic rings. The van der Waals surface area contributed by atoms with Crippen LogP contribution in [0.2, 0.25) is 5.02 Å². The van der Waals surface area contributed by atoms with E-state index >= 15 is 4.39 Å². The Labute approximate surface area is 281 Å². The van der Waals surface area contributed by atoms with E-state index < -0.39 is 49.6 Å². The number of carbonyl (C=O) groups excluding carboxylic acids is 2. The molecule has 3 aliphatic rings. The van der Waals surface area contributed by atoms with Gasteiger partial charge >= 0.3 is 6.09 Å². The summed E-state index contributed by atoms with van der Waals surface area (Å²) in [5, 5.41) is 5.95. The zero-order chi connectivity index (χ0) is 33.9. The number of fused-ring (bicyclic) bond motifs is 2. The van der Waals surface area contributed by atoms with Gasteiger partial charge in [-0.3, -0.25) is 4.79 Å². The zero-order valence-electron chi connectivity index (χ0n) is 26.5. The number of likely N-dealkylation sites (N-methyl/N-ethyl adjacent to an activating group) is 1. The molecule has 2 N–H and O–H groups in total. The van der Waals surface area contributed by atoms with Crippen LogP contribution in [0.25, 0.3) is 0 Å². The highest BCUT2D eigenvalue weighted by atomic mass is 35.5. The maximum absolute atomic E-state index is 15.4. The van der Waals surface area contributed by atoms with E-state index in [-0.39, 0.29) is 65.8 Å². The molecule has 0 radical (unpaired) electrons. The van der Waals surface area contributed by atoms with Crippen LogP contribution in [-0.2, 0) is 35.8 Å². The highest BCUT2D eigenvalue weighted by Crippen LogP contribution is 2.38. The van der Waals surface area contributed by atoms with E-state index in [0.29, 0.717) is 36.5 Å².